The Morgan fingerprint density at radius 1 is 1.40 bits per heavy atom. The van der Waals surface area contributed by atoms with Crippen LogP contribution in [0.25, 0.3) is 0 Å². The smallest absolute Gasteiger partial charge is 0.0446 e. The van der Waals surface area contributed by atoms with Gasteiger partial charge in [0.1, 0.15) is 0 Å². The van der Waals surface area contributed by atoms with Crippen LogP contribution in [-0.4, -0.2) is 60.8 Å². The van der Waals surface area contributed by atoms with Crippen LogP contribution in [0.15, 0.2) is 12.7 Å². The maximum absolute atomic E-state index is 9.08. The van der Waals surface area contributed by atoms with Gasteiger partial charge in [0.05, 0.1) is 0 Å². The fraction of sp³-hybridized carbons (Fsp3) is 0.833. The quantitative estimate of drug-likeness (QED) is 0.699. The van der Waals surface area contributed by atoms with Gasteiger partial charge in [-0.05, 0) is 19.4 Å². The van der Waals surface area contributed by atoms with E-state index in [1.807, 2.05) is 6.08 Å². The average Bonchev–Trinajstić information content (AvgIpc) is 2.27. The van der Waals surface area contributed by atoms with E-state index in [1.54, 1.807) is 0 Å². The topological polar surface area (TPSA) is 26.7 Å². The first-order chi connectivity index (χ1) is 7.17. The Bertz CT molecular complexity index is 196. The highest BCUT2D eigenvalue weighted by atomic mass is 16.3. The monoisotopic (exact) mass is 212 g/mol. The molecule has 0 amide bonds. The van der Waals surface area contributed by atoms with Crippen LogP contribution in [0.5, 0.6) is 0 Å². The summed E-state index contributed by atoms with van der Waals surface area (Å²) in [5.74, 6) is 0.693. The molecule has 1 fully saturated rings. The molecule has 1 aliphatic rings. The molecule has 3 heteroatoms. The lowest BCUT2D eigenvalue weighted by Crippen LogP contribution is -2.41. The lowest BCUT2D eigenvalue weighted by Gasteiger charge is -2.29. The van der Waals surface area contributed by atoms with Gasteiger partial charge in [-0.1, -0.05) is 13.0 Å². The number of nitrogens with zero attached hydrogens (tertiary/aromatic N) is 2. The Balaban J connectivity index is 2.63. The second-order valence-electron chi connectivity index (χ2n) is 4.74. The van der Waals surface area contributed by atoms with E-state index in [1.165, 1.54) is 0 Å². The van der Waals surface area contributed by atoms with Crippen molar-refractivity contribution in [3.05, 3.63) is 12.7 Å². The Morgan fingerprint density at radius 3 is 2.73 bits per heavy atom. The third-order valence-electron chi connectivity index (χ3n) is 3.03. The van der Waals surface area contributed by atoms with Crippen molar-refractivity contribution in [3.8, 4) is 0 Å². The number of aliphatic hydroxyl groups is 1. The molecule has 3 nitrogen and oxygen atoms in total. The molecule has 88 valence electrons. The fourth-order valence-corrected chi connectivity index (χ4v) is 2.50. The summed E-state index contributed by atoms with van der Waals surface area (Å²) in [4.78, 5) is 4.81. The van der Waals surface area contributed by atoms with Crippen LogP contribution in [0.4, 0.5) is 0 Å². The molecule has 2 atom stereocenters. The van der Waals surface area contributed by atoms with Crippen LogP contribution < -0.4 is 0 Å². The van der Waals surface area contributed by atoms with E-state index in [0.717, 1.165) is 32.6 Å². The molecule has 1 saturated heterocycles. The fourth-order valence-electron chi connectivity index (χ4n) is 2.50. The first-order valence-electron chi connectivity index (χ1n) is 5.81. The first kappa shape index (κ1) is 12.7. The van der Waals surface area contributed by atoms with E-state index in [2.05, 4.69) is 30.4 Å². The molecule has 0 bridgehead atoms. The zero-order valence-corrected chi connectivity index (χ0v) is 10.0. The summed E-state index contributed by atoms with van der Waals surface area (Å²) in [6.07, 6.45) is 2.83. The summed E-state index contributed by atoms with van der Waals surface area (Å²) >= 11 is 0. The van der Waals surface area contributed by atoms with Crippen LogP contribution in [0.2, 0.25) is 0 Å². The second kappa shape index (κ2) is 6.26. The molecule has 1 N–H and O–H groups in total. The minimum atomic E-state index is 0.278. The summed E-state index contributed by atoms with van der Waals surface area (Å²) in [7, 11) is 2.16. The summed E-state index contributed by atoms with van der Waals surface area (Å²) in [5, 5.41) is 9.08. The molecule has 15 heavy (non-hydrogen) atoms. The molecular formula is C12H24N2O. The standard InChI is InChI=1S/C12H24N2O/c1-4-6-14-9-11(2)8-13(3)10-12(14)5-7-15/h4,11-12,15H,1,5-10H2,2-3H3. The summed E-state index contributed by atoms with van der Waals surface area (Å²) < 4.78 is 0. The van der Waals surface area contributed by atoms with Crippen molar-refractivity contribution in [3.63, 3.8) is 0 Å². The van der Waals surface area contributed by atoms with Gasteiger partial charge in [-0.25, -0.2) is 0 Å². The van der Waals surface area contributed by atoms with Crippen LogP contribution in [-0.2, 0) is 0 Å². The first-order valence-corrected chi connectivity index (χ1v) is 5.81. The van der Waals surface area contributed by atoms with E-state index in [-0.39, 0.29) is 6.61 Å². The Morgan fingerprint density at radius 2 is 2.13 bits per heavy atom. The minimum Gasteiger partial charge on any atom is -0.396 e. The largest absolute Gasteiger partial charge is 0.396 e. The predicted molar refractivity (Wildman–Crippen MR) is 63.9 cm³/mol. The van der Waals surface area contributed by atoms with Crippen molar-refractivity contribution < 1.29 is 5.11 Å². The molecule has 1 rings (SSSR count). The van der Waals surface area contributed by atoms with E-state index in [4.69, 9.17) is 5.11 Å². The number of hydrogen-bond donors (Lipinski definition) is 1. The third-order valence-corrected chi connectivity index (χ3v) is 3.03. The van der Waals surface area contributed by atoms with E-state index < -0.39 is 0 Å². The highest BCUT2D eigenvalue weighted by molar-refractivity contribution is 4.85. The highest BCUT2D eigenvalue weighted by Crippen LogP contribution is 2.15. The van der Waals surface area contributed by atoms with Crippen LogP contribution in [0, 0.1) is 5.92 Å². The van der Waals surface area contributed by atoms with Gasteiger partial charge in [0.2, 0.25) is 0 Å². The van der Waals surface area contributed by atoms with Crippen molar-refractivity contribution in [2.75, 3.05) is 39.8 Å². The average molecular weight is 212 g/mol. The van der Waals surface area contributed by atoms with E-state index in [0.29, 0.717) is 12.0 Å². The number of rotatable bonds is 4. The van der Waals surface area contributed by atoms with E-state index in [9.17, 15) is 0 Å². The Kier molecular flexibility index (Phi) is 5.29. The zero-order valence-electron chi connectivity index (χ0n) is 10.0. The maximum Gasteiger partial charge on any atom is 0.0446 e. The van der Waals surface area contributed by atoms with Crippen molar-refractivity contribution >= 4 is 0 Å². The molecule has 0 aliphatic carbocycles. The van der Waals surface area contributed by atoms with Crippen molar-refractivity contribution in [1.82, 2.24) is 9.80 Å². The molecule has 0 spiro atoms. The Labute approximate surface area is 93.4 Å². The van der Waals surface area contributed by atoms with Gasteiger partial charge in [0.25, 0.3) is 0 Å². The molecule has 0 aromatic rings. The van der Waals surface area contributed by atoms with E-state index >= 15 is 0 Å². The van der Waals surface area contributed by atoms with Gasteiger partial charge < -0.3 is 10.0 Å². The van der Waals surface area contributed by atoms with Gasteiger partial charge >= 0.3 is 0 Å². The highest BCUT2D eigenvalue weighted by Gasteiger charge is 2.25. The molecule has 1 aliphatic heterocycles. The predicted octanol–water partition coefficient (Wildman–Crippen LogP) is 0.807. The zero-order chi connectivity index (χ0) is 11.3. The number of aliphatic hydroxyl groups excluding tert-OH is 1. The molecule has 2 unspecified atom stereocenters. The molecular weight excluding hydrogens is 188 g/mol. The number of likely N-dealkylation sites (N-methyl/N-ethyl adjacent to an activating group) is 1. The molecule has 0 radical (unpaired) electrons. The molecule has 0 aromatic heterocycles. The van der Waals surface area contributed by atoms with Gasteiger partial charge in [0, 0.05) is 38.8 Å². The second-order valence-corrected chi connectivity index (χ2v) is 4.74. The number of hydrogen-bond acceptors (Lipinski definition) is 3. The maximum atomic E-state index is 9.08. The van der Waals surface area contributed by atoms with Crippen molar-refractivity contribution in [1.29, 1.82) is 0 Å². The van der Waals surface area contributed by atoms with Gasteiger partial charge in [-0.15, -0.1) is 6.58 Å². The van der Waals surface area contributed by atoms with Gasteiger partial charge in [0.15, 0.2) is 0 Å². The van der Waals surface area contributed by atoms with Gasteiger partial charge in [-0.2, -0.15) is 0 Å². The lowest BCUT2D eigenvalue weighted by atomic mass is 10.1. The molecule has 0 aromatic carbocycles. The van der Waals surface area contributed by atoms with Crippen molar-refractivity contribution in [2.24, 2.45) is 5.92 Å². The van der Waals surface area contributed by atoms with Crippen LogP contribution in [0.3, 0.4) is 0 Å². The summed E-state index contributed by atoms with van der Waals surface area (Å²) in [6, 6.07) is 0.475. The summed E-state index contributed by atoms with van der Waals surface area (Å²) in [5.41, 5.74) is 0. The Hall–Kier alpha value is -0.380. The van der Waals surface area contributed by atoms with Gasteiger partial charge in [-0.3, -0.25) is 4.90 Å². The summed E-state index contributed by atoms with van der Waals surface area (Å²) in [6.45, 7) is 10.6. The SMILES string of the molecule is C=CCN1CC(C)CN(C)CC1CCO. The third kappa shape index (κ3) is 3.93. The molecule has 1 heterocycles. The normalized spacial score (nSPS) is 30.1. The lowest BCUT2D eigenvalue weighted by molar-refractivity contribution is 0.158. The van der Waals surface area contributed by atoms with Crippen LogP contribution in [0.1, 0.15) is 13.3 Å². The minimum absolute atomic E-state index is 0.278. The van der Waals surface area contributed by atoms with Crippen LogP contribution >= 0.6 is 0 Å². The van der Waals surface area contributed by atoms with Crippen molar-refractivity contribution in [2.45, 2.75) is 19.4 Å². The molecule has 0 saturated carbocycles.